The maximum absolute atomic E-state index is 11.9. The van der Waals surface area contributed by atoms with E-state index in [1.165, 1.54) is 6.33 Å². The first-order valence-electron chi connectivity index (χ1n) is 8.74. The van der Waals surface area contributed by atoms with Crippen molar-refractivity contribution in [3.8, 4) is 0 Å². The SMILES string of the molecule is CN(C)C(=O)CCc1c[nH]c2c(Cn3cnc4c(N)ncnc43)cccc12. The highest BCUT2D eigenvalue weighted by Gasteiger charge is 2.13. The van der Waals surface area contributed by atoms with Gasteiger partial charge in [0.2, 0.25) is 5.91 Å². The minimum Gasteiger partial charge on any atom is -0.382 e. The molecule has 4 rings (SSSR count). The van der Waals surface area contributed by atoms with Crippen LogP contribution < -0.4 is 5.73 Å². The molecule has 3 heterocycles. The molecule has 0 aliphatic rings. The third-order valence-corrected chi connectivity index (χ3v) is 4.76. The zero-order valence-corrected chi connectivity index (χ0v) is 15.3. The van der Waals surface area contributed by atoms with E-state index in [-0.39, 0.29) is 5.91 Å². The Morgan fingerprint density at radius 2 is 2.07 bits per heavy atom. The van der Waals surface area contributed by atoms with Crippen LogP contribution in [0.25, 0.3) is 22.1 Å². The molecule has 0 bridgehead atoms. The van der Waals surface area contributed by atoms with Crippen molar-refractivity contribution in [2.24, 2.45) is 0 Å². The Kier molecular flexibility index (Phi) is 4.23. The molecule has 0 fully saturated rings. The second-order valence-corrected chi connectivity index (χ2v) is 6.75. The van der Waals surface area contributed by atoms with Gasteiger partial charge in [-0.1, -0.05) is 18.2 Å². The summed E-state index contributed by atoms with van der Waals surface area (Å²) in [6, 6.07) is 6.19. The van der Waals surface area contributed by atoms with Gasteiger partial charge in [-0.2, -0.15) is 0 Å². The molecule has 27 heavy (non-hydrogen) atoms. The molecule has 0 spiro atoms. The van der Waals surface area contributed by atoms with Crippen LogP contribution in [0.15, 0.2) is 37.1 Å². The molecular weight excluding hydrogens is 342 g/mol. The van der Waals surface area contributed by atoms with Crippen LogP contribution in [-0.4, -0.2) is 49.4 Å². The quantitative estimate of drug-likeness (QED) is 0.564. The number of nitrogens with zero attached hydrogens (tertiary/aromatic N) is 5. The number of nitrogen functional groups attached to an aromatic ring is 1. The molecule has 0 radical (unpaired) electrons. The number of aryl methyl sites for hydroxylation is 1. The molecule has 3 N–H and O–H groups in total. The lowest BCUT2D eigenvalue weighted by molar-refractivity contribution is -0.128. The zero-order valence-electron chi connectivity index (χ0n) is 15.3. The third-order valence-electron chi connectivity index (χ3n) is 4.76. The molecule has 0 saturated carbocycles. The van der Waals surface area contributed by atoms with Gasteiger partial charge in [0.25, 0.3) is 0 Å². The number of rotatable bonds is 5. The van der Waals surface area contributed by atoms with Crippen LogP contribution in [0.4, 0.5) is 5.82 Å². The fourth-order valence-corrected chi connectivity index (χ4v) is 3.28. The van der Waals surface area contributed by atoms with Gasteiger partial charge in [-0.3, -0.25) is 4.79 Å². The van der Waals surface area contributed by atoms with Gasteiger partial charge in [-0.15, -0.1) is 0 Å². The number of nitrogens with one attached hydrogen (secondary N) is 1. The molecule has 0 aliphatic carbocycles. The molecule has 8 nitrogen and oxygen atoms in total. The summed E-state index contributed by atoms with van der Waals surface area (Å²) in [6.45, 7) is 0.612. The Balaban J connectivity index is 1.65. The number of carbonyl (C=O) groups is 1. The van der Waals surface area contributed by atoms with Crippen LogP contribution >= 0.6 is 0 Å². The number of aromatic nitrogens is 5. The highest BCUT2D eigenvalue weighted by Crippen LogP contribution is 2.25. The van der Waals surface area contributed by atoms with Gasteiger partial charge in [0.05, 0.1) is 18.4 Å². The number of nitrogens with two attached hydrogens (primary N) is 1. The van der Waals surface area contributed by atoms with E-state index in [2.05, 4.69) is 32.1 Å². The second kappa shape index (κ2) is 6.71. The van der Waals surface area contributed by atoms with Gasteiger partial charge in [-0.05, 0) is 17.5 Å². The summed E-state index contributed by atoms with van der Waals surface area (Å²) in [6.07, 6.45) is 6.37. The van der Waals surface area contributed by atoms with Crippen molar-refractivity contribution in [2.75, 3.05) is 19.8 Å². The van der Waals surface area contributed by atoms with Crippen molar-refractivity contribution in [1.29, 1.82) is 0 Å². The number of H-pyrrole nitrogens is 1. The summed E-state index contributed by atoms with van der Waals surface area (Å²) in [4.78, 5) is 29.5. The number of para-hydroxylation sites is 1. The molecule has 1 aromatic carbocycles. The zero-order chi connectivity index (χ0) is 19.0. The topological polar surface area (TPSA) is 106 Å². The van der Waals surface area contributed by atoms with Gasteiger partial charge < -0.3 is 20.2 Å². The number of hydrogen-bond acceptors (Lipinski definition) is 5. The fourth-order valence-electron chi connectivity index (χ4n) is 3.28. The van der Waals surface area contributed by atoms with Gasteiger partial charge in [-0.25, -0.2) is 15.0 Å². The van der Waals surface area contributed by atoms with Crippen LogP contribution in [-0.2, 0) is 17.8 Å². The maximum Gasteiger partial charge on any atom is 0.222 e. The first kappa shape index (κ1) is 17.0. The van der Waals surface area contributed by atoms with Crippen LogP contribution in [0.3, 0.4) is 0 Å². The Morgan fingerprint density at radius 3 is 2.89 bits per heavy atom. The average Bonchev–Trinajstić information content (AvgIpc) is 3.25. The Labute approximate surface area is 156 Å². The standard InChI is InChI=1S/C19H21N7O/c1-25(2)15(27)7-6-12-8-21-16-13(4-3-5-14(12)16)9-26-11-24-17-18(20)22-10-23-19(17)26/h3-5,8,10-11,21H,6-7,9H2,1-2H3,(H2,20,22,23). The summed E-state index contributed by atoms with van der Waals surface area (Å²) >= 11 is 0. The summed E-state index contributed by atoms with van der Waals surface area (Å²) in [7, 11) is 3.56. The van der Waals surface area contributed by atoms with Gasteiger partial charge >= 0.3 is 0 Å². The highest BCUT2D eigenvalue weighted by molar-refractivity contribution is 5.87. The predicted molar refractivity (Wildman–Crippen MR) is 104 cm³/mol. The Hall–Kier alpha value is -3.42. The van der Waals surface area contributed by atoms with Crippen molar-refractivity contribution < 1.29 is 4.79 Å². The second-order valence-electron chi connectivity index (χ2n) is 6.75. The van der Waals surface area contributed by atoms with Crippen LogP contribution in [0.1, 0.15) is 17.5 Å². The Bertz CT molecular complexity index is 1130. The largest absolute Gasteiger partial charge is 0.382 e. The van der Waals surface area contributed by atoms with E-state index in [0.717, 1.165) is 22.0 Å². The molecular formula is C19H21N7O. The number of anilines is 1. The lowest BCUT2D eigenvalue weighted by atomic mass is 10.1. The van der Waals surface area contributed by atoms with Crippen molar-refractivity contribution in [1.82, 2.24) is 29.4 Å². The molecule has 3 aromatic heterocycles. The molecule has 0 unspecified atom stereocenters. The van der Waals surface area contributed by atoms with Crippen molar-refractivity contribution in [3.63, 3.8) is 0 Å². The van der Waals surface area contributed by atoms with Gasteiger partial charge in [0.1, 0.15) is 11.8 Å². The summed E-state index contributed by atoms with van der Waals surface area (Å²) in [5, 5.41) is 1.14. The van der Waals surface area contributed by atoms with E-state index >= 15 is 0 Å². The summed E-state index contributed by atoms with van der Waals surface area (Å²) < 4.78 is 1.96. The predicted octanol–water partition coefficient (Wildman–Crippen LogP) is 1.96. The molecule has 138 valence electrons. The number of hydrogen-bond donors (Lipinski definition) is 2. The van der Waals surface area contributed by atoms with Crippen LogP contribution in [0.2, 0.25) is 0 Å². The first-order valence-corrected chi connectivity index (χ1v) is 8.74. The lowest BCUT2D eigenvalue weighted by Crippen LogP contribution is -2.21. The first-order chi connectivity index (χ1) is 13.0. The average molecular weight is 363 g/mol. The Morgan fingerprint density at radius 1 is 1.22 bits per heavy atom. The van der Waals surface area contributed by atoms with E-state index in [9.17, 15) is 4.79 Å². The van der Waals surface area contributed by atoms with E-state index in [1.54, 1.807) is 25.3 Å². The minimum absolute atomic E-state index is 0.127. The van der Waals surface area contributed by atoms with E-state index in [4.69, 9.17) is 5.73 Å². The number of aromatic amines is 1. The van der Waals surface area contributed by atoms with Crippen LogP contribution in [0, 0.1) is 0 Å². The minimum atomic E-state index is 0.127. The molecule has 8 heteroatoms. The number of fused-ring (bicyclic) bond motifs is 2. The smallest absolute Gasteiger partial charge is 0.222 e. The van der Waals surface area contributed by atoms with Crippen molar-refractivity contribution in [3.05, 3.63) is 48.2 Å². The lowest BCUT2D eigenvalue weighted by Gasteiger charge is -2.09. The van der Waals surface area contributed by atoms with E-state index in [1.807, 2.05) is 16.8 Å². The molecule has 4 aromatic rings. The number of amides is 1. The monoisotopic (exact) mass is 363 g/mol. The molecule has 1 amide bonds. The van der Waals surface area contributed by atoms with Crippen molar-refractivity contribution >= 4 is 33.8 Å². The maximum atomic E-state index is 11.9. The van der Waals surface area contributed by atoms with Crippen molar-refractivity contribution in [2.45, 2.75) is 19.4 Å². The highest BCUT2D eigenvalue weighted by atomic mass is 16.2. The molecule has 0 atom stereocenters. The third kappa shape index (κ3) is 3.10. The molecule has 0 aliphatic heterocycles. The summed E-state index contributed by atoms with van der Waals surface area (Å²) in [5.74, 6) is 0.507. The van der Waals surface area contributed by atoms with Crippen LogP contribution in [0.5, 0.6) is 0 Å². The van der Waals surface area contributed by atoms with E-state index < -0.39 is 0 Å². The number of imidazole rings is 1. The normalized spacial score (nSPS) is 11.3. The van der Waals surface area contributed by atoms with Gasteiger partial charge in [0, 0.05) is 32.1 Å². The van der Waals surface area contributed by atoms with E-state index in [0.29, 0.717) is 36.4 Å². The number of benzene rings is 1. The summed E-state index contributed by atoms with van der Waals surface area (Å²) in [5.41, 5.74) is 10.5. The molecule has 0 saturated heterocycles. The number of carbonyl (C=O) groups excluding carboxylic acids is 1. The fraction of sp³-hybridized carbons (Fsp3) is 0.263. The van der Waals surface area contributed by atoms with Gasteiger partial charge in [0.15, 0.2) is 11.5 Å².